The second-order valence-corrected chi connectivity index (χ2v) is 7.43. The van der Waals surface area contributed by atoms with Gasteiger partial charge in [-0.15, -0.1) is 11.3 Å². The van der Waals surface area contributed by atoms with Crippen LogP contribution in [0.5, 0.6) is 0 Å². The molecule has 0 radical (unpaired) electrons. The SMILES string of the molecule is O=C(NCCCCCN1CCN(C(=O)O)CC1)c1cc(-c2cccs2)on1. The fourth-order valence-electron chi connectivity index (χ4n) is 3.01. The van der Waals surface area contributed by atoms with E-state index < -0.39 is 6.09 Å². The van der Waals surface area contributed by atoms with Crippen LogP contribution in [0.4, 0.5) is 4.79 Å². The first-order chi connectivity index (χ1) is 13.1. The van der Waals surface area contributed by atoms with Gasteiger partial charge < -0.3 is 19.8 Å². The normalized spacial score (nSPS) is 15.0. The molecule has 0 bridgehead atoms. The molecule has 0 spiro atoms. The second kappa shape index (κ2) is 9.52. The largest absolute Gasteiger partial charge is 0.465 e. The average Bonchev–Trinajstić information content (AvgIpc) is 3.36. The molecule has 0 atom stereocenters. The number of nitrogens with one attached hydrogen (secondary N) is 1. The molecular weight excluding hydrogens is 368 g/mol. The minimum Gasteiger partial charge on any atom is -0.465 e. The molecule has 0 aromatic carbocycles. The van der Waals surface area contributed by atoms with Gasteiger partial charge >= 0.3 is 6.09 Å². The Morgan fingerprint density at radius 2 is 2.04 bits per heavy atom. The van der Waals surface area contributed by atoms with E-state index in [1.165, 1.54) is 4.90 Å². The molecule has 1 aliphatic heterocycles. The molecule has 0 aliphatic carbocycles. The van der Waals surface area contributed by atoms with Crippen molar-refractivity contribution in [1.82, 2.24) is 20.3 Å². The Morgan fingerprint density at radius 1 is 1.22 bits per heavy atom. The third-order valence-corrected chi connectivity index (χ3v) is 5.47. The Morgan fingerprint density at radius 3 is 2.74 bits per heavy atom. The number of carbonyl (C=O) groups excluding carboxylic acids is 1. The Hall–Kier alpha value is -2.39. The molecule has 8 nitrogen and oxygen atoms in total. The van der Waals surface area contributed by atoms with Gasteiger partial charge in [0.25, 0.3) is 5.91 Å². The molecule has 2 N–H and O–H groups in total. The van der Waals surface area contributed by atoms with Gasteiger partial charge in [0, 0.05) is 38.8 Å². The van der Waals surface area contributed by atoms with Crippen molar-refractivity contribution < 1.29 is 19.2 Å². The van der Waals surface area contributed by atoms with E-state index in [9.17, 15) is 9.59 Å². The number of aromatic nitrogens is 1. The number of amides is 2. The van der Waals surface area contributed by atoms with E-state index in [4.69, 9.17) is 9.63 Å². The first kappa shape index (κ1) is 19.4. The Labute approximate surface area is 161 Å². The summed E-state index contributed by atoms with van der Waals surface area (Å²) in [5, 5.41) is 17.6. The molecule has 27 heavy (non-hydrogen) atoms. The van der Waals surface area contributed by atoms with Crippen molar-refractivity contribution in [3.63, 3.8) is 0 Å². The van der Waals surface area contributed by atoms with Gasteiger partial charge in [-0.25, -0.2) is 4.79 Å². The Balaban J connectivity index is 1.27. The lowest BCUT2D eigenvalue weighted by Gasteiger charge is -2.33. The molecule has 9 heteroatoms. The van der Waals surface area contributed by atoms with Crippen molar-refractivity contribution in [3.05, 3.63) is 29.3 Å². The maximum atomic E-state index is 12.1. The van der Waals surface area contributed by atoms with E-state index in [1.54, 1.807) is 17.4 Å². The zero-order chi connectivity index (χ0) is 19.1. The third kappa shape index (κ3) is 5.54. The van der Waals surface area contributed by atoms with Crippen LogP contribution in [0.2, 0.25) is 0 Å². The number of nitrogens with zero attached hydrogens (tertiary/aromatic N) is 3. The summed E-state index contributed by atoms with van der Waals surface area (Å²) in [6.07, 6.45) is 2.12. The number of thiophene rings is 1. The summed E-state index contributed by atoms with van der Waals surface area (Å²) in [7, 11) is 0. The smallest absolute Gasteiger partial charge is 0.407 e. The van der Waals surface area contributed by atoms with Gasteiger partial charge in [-0.2, -0.15) is 0 Å². The minimum atomic E-state index is -0.833. The maximum Gasteiger partial charge on any atom is 0.407 e. The van der Waals surface area contributed by atoms with Crippen molar-refractivity contribution in [2.24, 2.45) is 0 Å². The summed E-state index contributed by atoms with van der Waals surface area (Å²) in [6, 6.07) is 5.51. The highest BCUT2D eigenvalue weighted by molar-refractivity contribution is 7.13. The monoisotopic (exact) mass is 392 g/mol. The number of carbonyl (C=O) groups is 2. The number of carboxylic acid groups (broad SMARTS) is 1. The van der Waals surface area contributed by atoms with Gasteiger partial charge in [0.2, 0.25) is 0 Å². The lowest BCUT2D eigenvalue weighted by atomic mass is 10.2. The van der Waals surface area contributed by atoms with Crippen molar-refractivity contribution in [1.29, 1.82) is 0 Å². The van der Waals surface area contributed by atoms with E-state index in [1.807, 2.05) is 17.5 Å². The van der Waals surface area contributed by atoms with Crippen LogP contribution in [0.25, 0.3) is 10.6 Å². The van der Waals surface area contributed by atoms with E-state index in [-0.39, 0.29) is 5.91 Å². The molecule has 146 valence electrons. The maximum absolute atomic E-state index is 12.1. The minimum absolute atomic E-state index is 0.216. The van der Waals surface area contributed by atoms with Gasteiger partial charge in [0.1, 0.15) is 0 Å². The number of rotatable bonds is 8. The van der Waals surface area contributed by atoms with Gasteiger partial charge in [0.05, 0.1) is 4.88 Å². The van der Waals surface area contributed by atoms with Crippen LogP contribution in [0.15, 0.2) is 28.1 Å². The molecular formula is C18H24N4O4S. The van der Waals surface area contributed by atoms with E-state index >= 15 is 0 Å². The molecule has 0 saturated carbocycles. The molecule has 0 unspecified atom stereocenters. The molecule has 2 amide bonds. The summed E-state index contributed by atoms with van der Waals surface area (Å²) >= 11 is 1.54. The Bertz CT molecular complexity index is 738. The Kier molecular flexibility index (Phi) is 6.83. The fourth-order valence-corrected chi connectivity index (χ4v) is 3.68. The topological polar surface area (TPSA) is 98.9 Å². The van der Waals surface area contributed by atoms with Gasteiger partial charge in [0.15, 0.2) is 11.5 Å². The van der Waals surface area contributed by atoms with Crippen molar-refractivity contribution in [3.8, 4) is 10.6 Å². The average molecular weight is 392 g/mol. The molecule has 3 heterocycles. The molecule has 2 aromatic heterocycles. The molecule has 1 aliphatic rings. The van der Waals surface area contributed by atoms with Crippen LogP contribution in [0.3, 0.4) is 0 Å². The van der Waals surface area contributed by atoms with Crippen molar-refractivity contribution in [2.45, 2.75) is 19.3 Å². The predicted octanol–water partition coefficient (Wildman–Crippen LogP) is 2.60. The number of hydrogen-bond acceptors (Lipinski definition) is 6. The highest BCUT2D eigenvalue weighted by atomic mass is 32.1. The third-order valence-electron chi connectivity index (χ3n) is 4.59. The summed E-state index contributed by atoms with van der Waals surface area (Å²) in [4.78, 5) is 27.7. The van der Waals surface area contributed by atoms with Crippen LogP contribution in [0.1, 0.15) is 29.8 Å². The van der Waals surface area contributed by atoms with E-state index in [2.05, 4.69) is 15.4 Å². The number of hydrogen-bond donors (Lipinski definition) is 2. The zero-order valence-corrected chi connectivity index (χ0v) is 15.9. The first-order valence-corrected chi connectivity index (χ1v) is 10.0. The van der Waals surface area contributed by atoms with Crippen LogP contribution >= 0.6 is 11.3 Å². The van der Waals surface area contributed by atoms with Gasteiger partial charge in [-0.1, -0.05) is 17.6 Å². The van der Waals surface area contributed by atoms with Crippen LogP contribution < -0.4 is 5.32 Å². The lowest BCUT2D eigenvalue weighted by molar-refractivity contribution is 0.0941. The quantitative estimate of drug-likeness (QED) is 0.670. The summed E-state index contributed by atoms with van der Waals surface area (Å²) < 4.78 is 5.22. The standard InChI is InChI=1S/C18H24N4O4S/c23-17(14-13-15(26-20-14)16-5-4-12-27-16)19-6-2-1-3-7-21-8-10-22(11-9-21)18(24)25/h4-5,12-13H,1-3,6-11H2,(H,19,23)(H,24,25). The van der Waals surface area contributed by atoms with Gasteiger partial charge in [-0.3, -0.25) is 9.69 Å². The molecule has 3 rings (SSSR count). The first-order valence-electron chi connectivity index (χ1n) is 9.12. The summed E-state index contributed by atoms with van der Waals surface area (Å²) in [6.45, 7) is 4.32. The fraction of sp³-hybridized carbons (Fsp3) is 0.500. The van der Waals surface area contributed by atoms with E-state index in [0.29, 0.717) is 31.1 Å². The molecule has 1 saturated heterocycles. The predicted molar refractivity (Wildman–Crippen MR) is 102 cm³/mol. The zero-order valence-electron chi connectivity index (χ0n) is 15.1. The lowest BCUT2D eigenvalue weighted by Crippen LogP contribution is -2.48. The molecule has 1 fully saturated rings. The summed E-state index contributed by atoms with van der Waals surface area (Å²) in [5.41, 5.74) is 0.301. The highest BCUT2D eigenvalue weighted by Crippen LogP contribution is 2.25. The highest BCUT2D eigenvalue weighted by Gasteiger charge is 2.19. The van der Waals surface area contributed by atoms with Gasteiger partial charge in [-0.05, 0) is 30.8 Å². The molecule has 2 aromatic rings. The van der Waals surface area contributed by atoms with Crippen LogP contribution in [0, 0.1) is 0 Å². The number of piperazine rings is 1. The van der Waals surface area contributed by atoms with Crippen molar-refractivity contribution in [2.75, 3.05) is 39.3 Å². The van der Waals surface area contributed by atoms with Crippen molar-refractivity contribution >= 4 is 23.3 Å². The second-order valence-electron chi connectivity index (χ2n) is 6.48. The summed E-state index contributed by atoms with van der Waals surface area (Å²) in [5.74, 6) is 0.393. The van der Waals surface area contributed by atoms with Crippen LogP contribution in [-0.2, 0) is 0 Å². The van der Waals surface area contributed by atoms with E-state index in [0.717, 1.165) is 43.8 Å². The van der Waals surface area contributed by atoms with Crippen LogP contribution in [-0.4, -0.2) is 71.3 Å². The number of unbranched alkanes of at least 4 members (excludes halogenated alkanes) is 2.